The van der Waals surface area contributed by atoms with Gasteiger partial charge < -0.3 is 9.64 Å². The molecule has 3 nitrogen and oxygen atoms in total. The third-order valence-electron chi connectivity index (χ3n) is 4.26. The quantitative estimate of drug-likeness (QED) is 0.835. The van der Waals surface area contributed by atoms with Gasteiger partial charge in [-0.2, -0.15) is 0 Å². The Morgan fingerprint density at radius 2 is 2.11 bits per heavy atom. The number of likely N-dealkylation sites (tertiary alicyclic amines) is 1. The molecule has 19 heavy (non-hydrogen) atoms. The van der Waals surface area contributed by atoms with Gasteiger partial charge in [-0.1, -0.05) is 37.3 Å². The van der Waals surface area contributed by atoms with Crippen molar-refractivity contribution in [1.82, 2.24) is 0 Å². The minimum absolute atomic E-state index is 0.179. The summed E-state index contributed by atoms with van der Waals surface area (Å²) in [6.07, 6.45) is 1.93. The van der Waals surface area contributed by atoms with Gasteiger partial charge >= 0.3 is 5.97 Å². The van der Waals surface area contributed by atoms with Crippen LogP contribution in [0.5, 0.6) is 0 Å². The van der Waals surface area contributed by atoms with Crippen LogP contribution < -0.4 is 4.90 Å². The van der Waals surface area contributed by atoms with Crippen LogP contribution in [0.3, 0.4) is 0 Å². The Labute approximate surface area is 115 Å². The van der Waals surface area contributed by atoms with Crippen LogP contribution in [-0.2, 0) is 15.1 Å². The first kappa shape index (κ1) is 14.1. The molecule has 104 valence electrons. The van der Waals surface area contributed by atoms with Crippen LogP contribution in [0.1, 0.15) is 32.3 Å². The van der Waals surface area contributed by atoms with Crippen LogP contribution in [0.2, 0.25) is 0 Å². The Morgan fingerprint density at radius 1 is 1.42 bits per heavy atom. The number of quaternary nitrogens is 1. The van der Waals surface area contributed by atoms with E-state index < -0.39 is 5.60 Å². The normalized spacial score (nSPS) is 30.9. The van der Waals surface area contributed by atoms with Crippen molar-refractivity contribution in [2.45, 2.75) is 32.3 Å². The molecule has 0 aromatic heterocycles. The SMILES string of the molecule is CC[C@H]1C[NH+](C)CC[C@]1(OC(C)=O)c1ccccc1. The maximum absolute atomic E-state index is 11.6. The lowest BCUT2D eigenvalue weighted by molar-refractivity contribution is -0.892. The first-order valence-corrected chi connectivity index (χ1v) is 7.15. The molecule has 0 amide bonds. The van der Waals surface area contributed by atoms with Crippen molar-refractivity contribution in [1.29, 1.82) is 0 Å². The molecule has 3 heteroatoms. The molecule has 0 saturated carbocycles. The van der Waals surface area contributed by atoms with E-state index in [4.69, 9.17) is 4.74 Å². The fourth-order valence-corrected chi connectivity index (χ4v) is 3.31. The van der Waals surface area contributed by atoms with E-state index in [2.05, 4.69) is 26.1 Å². The highest BCUT2D eigenvalue weighted by Crippen LogP contribution is 2.39. The van der Waals surface area contributed by atoms with E-state index in [1.807, 2.05) is 18.2 Å². The number of esters is 1. The van der Waals surface area contributed by atoms with Gasteiger partial charge in [-0.05, 0) is 12.0 Å². The van der Waals surface area contributed by atoms with Crippen LogP contribution in [-0.4, -0.2) is 26.1 Å². The standard InChI is InChI=1S/C16H23NO2/c1-4-14-12-17(3)11-10-16(14,19-13(2)18)15-8-6-5-7-9-15/h5-9,14H,4,10-12H2,1-3H3/p+1/t14-,16+/m0/s1. The van der Waals surface area contributed by atoms with E-state index in [-0.39, 0.29) is 5.97 Å². The van der Waals surface area contributed by atoms with E-state index in [0.29, 0.717) is 5.92 Å². The van der Waals surface area contributed by atoms with Crippen LogP contribution in [0, 0.1) is 5.92 Å². The first-order chi connectivity index (χ1) is 9.08. The molecule has 0 spiro atoms. The molecule has 2 rings (SSSR count). The number of rotatable bonds is 3. The van der Waals surface area contributed by atoms with E-state index in [1.54, 1.807) is 0 Å². The van der Waals surface area contributed by atoms with Crippen molar-refractivity contribution < 1.29 is 14.4 Å². The lowest BCUT2D eigenvalue weighted by Gasteiger charge is -2.44. The number of nitrogens with one attached hydrogen (secondary N) is 1. The number of hydrogen-bond donors (Lipinski definition) is 1. The smallest absolute Gasteiger partial charge is 0.303 e. The number of hydrogen-bond acceptors (Lipinski definition) is 2. The largest absolute Gasteiger partial charge is 0.454 e. The molecular formula is C16H24NO2+. The van der Waals surface area contributed by atoms with Gasteiger partial charge in [-0.25, -0.2) is 0 Å². The zero-order chi connectivity index (χ0) is 13.9. The second-order valence-electron chi connectivity index (χ2n) is 5.62. The molecule has 1 aliphatic heterocycles. The summed E-state index contributed by atoms with van der Waals surface area (Å²) in [5.74, 6) is 0.203. The highest BCUT2D eigenvalue weighted by Gasteiger charge is 2.47. The number of benzene rings is 1. The summed E-state index contributed by atoms with van der Waals surface area (Å²) in [5.41, 5.74) is 0.714. The van der Waals surface area contributed by atoms with Crippen LogP contribution in [0.4, 0.5) is 0 Å². The Morgan fingerprint density at radius 3 is 2.68 bits per heavy atom. The monoisotopic (exact) mass is 262 g/mol. The molecule has 1 unspecified atom stereocenters. The molecular weight excluding hydrogens is 238 g/mol. The summed E-state index contributed by atoms with van der Waals surface area (Å²) in [4.78, 5) is 13.1. The summed E-state index contributed by atoms with van der Waals surface area (Å²) >= 11 is 0. The molecule has 0 radical (unpaired) electrons. The van der Waals surface area contributed by atoms with E-state index in [9.17, 15) is 4.79 Å². The molecule has 0 aliphatic carbocycles. The van der Waals surface area contributed by atoms with Gasteiger partial charge in [-0.15, -0.1) is 0 Å². The molecule has 1 saturated heterocycles. The second kappa shape index (κ2) is 5.74. The average Bonchev–Trinajstić information content (AvgIpc) is 2.41. The Kier molecular flexibility index (Phi) is 4.25. The van der Waals surface area contributed by atoms with Crippen LogP contribution in [0.25, 0.3) is 0 Å². The maximum atomic E-state index is 11.6. The zero-order valence-electron chi connectivity index (χ0n) is 12.1. The zero-order valence-corrected chi connectivity index (χ0v) is 12.1. The van der Waals surface area contributed by atoms with Crippen molar-refractivity contribution in [2.24, 2.45) is 5.92 Å². The topological polar surface area (TPSA) is 30.7 Å². The number of piperidine rings is 1. The van der Waals surface area contributed by atoms with Crippen molar-refractivity contribution >= 4 is 5.97 Å². The molecule has 1 aromatic rings. The van der Waals surface area contributed by atoms with Crippen molar-refractivity contribution in [3.8, 4) is 0 Å². The third-order valence-corrected chi connectivity index (χ3v) is 4.26. The predicted molar refractivity (Wildman–Crippen MR) is 74.9 cm³/mol. The second-order valence-corrected chi connectivity index (χ2v) is 5.62. The summed E-state index contributed by atoms with van der Waals surface area (Å²) in [7, 11) is 2.21. The van der Waals surface area contributed by atoms with Crippen LogP contribution >= 0.6 is 0 Å². The molecule has 0 bridgehead atoms. The lowest BCUT2D eigenvalue weighted by Crippen LogP contribution is -3.11. The maximum Gasteiger partial charge on any atom is 0.303 e. The molecule has 1 aromatic carbocycles. The Bertz CT molecular complexity index is 432. The number of carbonyl (C=O) groups is 1. The van der Waals surface area contributed by atoms with Crippen molar-refractivity contribution in [2.75, 3.05) is 20.1 Å². The number of carbonyl (C=O) groups excluding carboxylic acids is 1. The van der Waals surface area contributed by atoms with Gasteiger partial charge in [0.25, 0.3) is 0 Å². The van der Waals surface area contributed by atoms with E-state index in [0.717, 1.165) is 31.5 Å². The lowest BCUT2D eigenvalue weighted by atomic mass is 9.74. The minimum Gasteiger partial charge on any atom is -0.454 e. The molecule has 1 N–H and O–H groups in total. The van der Waals surface area contributed by atoms with E-state index in [1.165, 1.54) is 11.8 Å². The summed E-state index contributed by atoms with van der Waals surface area (Å²) < 4.78 is 5.86. The summed E-state index contributed by atoms with van der Waals surface area (Å²) in [5, 5.41) is 0. The highest BCUT2D eigenvalue weighted by atomic mass is 16.6. The van der Waals surface area contributed by atoms with E-state index >= 15 is 0 Å². The number of ether oxygens (including phenoxy) is 1. The molecule has 1 aliphatic rings. The minimum atomic E-state index is -0.429. The Hall–Kier alpha value is -1.35. The van der Waals surface area contributed by atoms with Gasteiger partial charge in [0.05, 0.1) is 26.1 Å². The molecule has 1 heterocycles. The van der Waals surface area contributed by atoms with Gasteiger partial charge in [0, 0.05) is 13.3 Å². The highest BCUT2D eigenvalue weighted by molar-refractivity contribution is 5.67. The van der Waals surface area contributed by atoms with Gasteiger partial charge in [0.2, 0.25) is 0 Å². The van der Waals surface area contributed by atoms with Gasteiger partial charge in [-0.3, -0.25) is 4.79 Å². The van der Waals surface area contributed by atoms with Gasteiger partial charge in [0.1, 0.15) is 0 Å². The first-order valence-electron chi connectivity index (χ1n) is 7.15. The fourth-order valence-electron chi connectivity index (χ4n) is 3.31. The summed E-state index contributed by atoms with van der Waals surface area (Å²) in [6, 6.07) is 10.2. The summed E-state index contributed by atoms with van der Waals surface area (Å²) in [6.45, 7) is 5.80. The Balaban J connectivity index is 2.41. The third kappa shape index (κ3) is 2.81. The molecule has 3 atom stereocenters. The fraction of sp³-hybridized carbons (Fsp3) is 0.562. The average molecular weight is 262 g/mol. The van der Waals surface area contributed by atoms with Crippen LogP contribution in [0.15, 0.2) is 30.3 Å². The van der Waals surface area contributed by atoms with Gasteiger partial charge in [0.15, 0.2) is 5.60 Å². The predicted octanol–water partition coefficient (Wildman–Crippen LogP) is 1.39. The molecule has 1 fully saturated rings. The van der Waals surface area contributed by atoms with Crippen molar-refractivity contribution in [3.05, 3.63) is 35.9 Å². The van der Waals surface area contributed by atoms with Crippen molar-refractivity contribution in [3.63, 3.8) is 0 Å².